The van der Waals surface area contributed by atoms with E-state index < -0.39 is 34.2 Å². The third kappa shape index (κ3) is 8.91. The third-order valence-electron chi connectivity index (χ3n) is 5.54. The van der Waals surface area contributed by atoms with Crippen molar-refractivity contribution in [2.45, 2.75) is 55.3 Å². The van der Waals surface area contributed by atoms with Gasteiger partial charge in [0.1, 0.15) is 11.4 Å². The molecule has 0 spiro atoms. The summed E-state index contributed by atoms with van der Waals surface area (Å²) in [4.78, 5) is 14.2. The minimum atomic E-state index is -3.89. The van der Waals surface area contributed by atoms with E-state index in [2.05, 4.69) is 4.74 Å². The van der Waals surface area contributed by atoms with E-state index in [1.54, 1.807) is 57.2 Å². The van der Waals surface area contributed by atoms with E-state index in [1.165, 1.54) is 29.2 Å². The molecule has 0 aliphatic heterocycles. The van der Waals surface area contributed by atoms with Crippen LogP contribution in [0.1, 0.15) is 38.0 Å². The minimum absolute atomic E-state index is 0.0224. The number of ether oxygens (including phenoxy) is 2. The zero-order valence-electron chi connectivity index (χ0n) is 21.7. The number of halogens is 3. The molecule has 39 heavy (non-hydrogen) atoms. The van der Waals surface area contributed by atoms with Gasteiger partial charge in [-0.25, -0.2) is 13.2 Å². The van der Waals surface area contributed by atoms with E-state index >= 15 is 0 Å². The smallest absolute Gasteiger partial charge is 0.410 e. The first kappa shape index (κ1) is 30.3. The van der Waals surface area contributed by atoms with Crippen LogP contribution in [0.4, 0.5) is 13.6 Å². The molecule has 1 amide bonds. The second kappa shape index (κ2) is 12.8. The van der Waals surface area contributed by atoms with Crippen LogP contribution in [0.15, 0.2) is 82.6 Å². The number of alkyl halides is 2. The van der Waals surface area contributed by atoms with E-state index in [0.29, 0.717) is 17.0 Å². The van der Waals surface area contributed by atoms with Crippen molar-refractivity contribution in [1.29, 1.82) is 0 Å². The summed E-state index contributed by atoms with van der Waals surface area (Å²) >= 11 is 6.03. The van der Waals surface area contributed by atoms with Crippen LogP contribution >= 0.6 is 11.6 Å². The Morgan fingerprint density at radius 1 is 1.00 bits per heavy atom. The quantitative estimate of drug-likeness (QED) is 0.303. The number of amides is 1. The predicted octanol–water partition coefficient (Wildman–Crippen LogP) is 6.29. The van der Waals surface area contributed by atoms with Crippen molar-refractivity contribution < 1.29 is 36.6 Å². The number of carbonyl (C=O) groups is 1. The van der Waals surface area contributed by atoms with Gasteiger partial charge in [-0.2, -0.15) is 8.78 Å². The van der Waals surface area contributed by atoms with Gasteiger partial charge in [0.2, 0.25) is 9.84 Å². The second-order valence-corrected chi connectivity index (χ2v) is 12.1. The molecule has 0 fully saturated rings. The molecule has 3 rings (SSSR count). The number of aliphatic hydroxyl groups is 1. The average molecular weight is 582 g/mol. The Balaban J connectivity index is 1.72. The highest BCUT2D eigenvalue weighted by molar-refractivity contribution is 7.91. The average Bonchev–Trinajstić information content (AvgIpc) is 2.85. The van der Waals surface area contributed by atoms with E-state index in [1.807, 2.05) is 0 Å². The molecule has 0 aromatic heterocycles. The van der Waals surface area contributed by atoms with Crippen LogP contribution < -0.4 is 4.74 Å². The number of aliphatic hydroxyl groups excluding tert-OH is 1. The van der Waals surface area contributed by atoms with Crippen LogP contribution in [-0.4, -0.2) is 49.8 Å². The van der Waals surface area contributed by atoms with E-state index in [-0.39, 0.29) is 28.6 Å². The molecular formula is C28H30ClF2NO6S. The van der Waals surface area contributed by atoms with Crippen LogP contribution in [0.5, 0.6) is 5.75 Å². The summed E-state index contributed by atoms with van der Waals surface area (Å²) in [6.07, 6.45) is -1.23. The Labute approximate surface area is 231 Å². The lowest BCUT2D eigenvalue weighted by Gasteiger charge is -2.29. The summed E-state index contributed by atoms with van der Waals surface area (Å²) < 4.78 is 60.4. The summed E-state index contributed by atoms with van der Waals surface area (Å²) in [5.74, 6) is -0.144. The molecule has 210 valence electrons. The summed E-state index contributed by atoms with van der Waals surface area (Å²) in [7, 11) is -3.89. The number of sulfone groups is 1. The first-order valence-electron chi connectivity index (χ1n) is 12.0. The van der Waals surface area contributed by atoms with Crippen LogP contribution in [0.25, 0.3) is 0 Å². The molecule has 3 aromatic carbocycles. The molecule has 0 heterocycles. The number of benzene rings is 3. The Morgan fingerprint density at radius 3 is 2.13 bits per heavy atom. The Morgan fingerprint density at radius 2 is 1.59 bits per heavy atom. The van der Waals surface area contributed by atoms with Crippen LogP contribution in [0.3, 0.4) is 0 Å². The maximum absolute atomic E-state index is 13.0. The first-order valence-corrected chi connectivity index (χ1v) is 13.9. The monoisotopic (exact) mass is 581 g/mol. The van der Waals surface area contributed by atoms with Crippen molar-refractivity contribution in [3.8, 4) is 5.75 Å². The van der Waals surface area contributed by atoms with Gasteiger partial charge in [-0.3, -0.25) is 0 Å². The second-order valence-electron chi connectivity index (χ2n) is 9.74. The highest BCUT2D eigenvalue weighted by atomic mass is 35.5. The lowest BCUT2D eigenvalue weighted by molar-refractivity contribution is -0.0498. The lowest BCUT2D eigenvalue weighted by Crippen LogP contribution is -2.40. The fraction of sp³-hybridized carbons (Fsp3) is 0.321. The molecule has 0 saturated carbocycles. The summed E-state index contributed by atoms with van der Waals surface area (Å²) in [6, 6.07) is 17.6. The van der Waals surface area contributed by atoms with E-state index in [9.17, 15) is 27.1 Å². The van der Waals surface area contributed by atoms with Crippen LogP contribution in [-0.2, 0) is 21.0 Å². The van der Waals surface area contributed by atoms with Gasteiger partial charge in [-0.15, -0.1) is 0 Å². The zero-order valence-corrected chi connectivity index (χ0v) is 23.3. The highest BCUT2D eigenvalue weighted by Crippen LogP contribution is 2.25. The van der Waals surface area contributed by atoms with Gasteiger partial charge >= 0.3 is 12.7 Å². The zero-order chi connectivity index (χ0) is 28.8. The maximum Gasteiger partial charge on any atom is 0.410 e. The van der Waals surface area contributed by atoms with Crippen molar-refractivity contribution in [1.82, 2.24) is 4.90 Å². The van der Waals surface area contributed by atoms with Gasteiger partial charge in [-0.05, 0) is 86.8 Å². The maximum atomic E-state index is 13.0. The standard InChI is InChI=1S/C28H30ClF2NO6S/c1-28(2,3)38-27(34)32(18-25(33)20-5-4-6-21(29)17-20)16-15-19-7-11-23(12-8-19)39(35,36)24-13-9-22(10-14-24)37-26(30)31/h4-14,17,25-26,33H,15-16,18H2,1-3H3/t25-/m0/s1. The number of rotatable bonds is 10. The minimum Gasteiger partial charge on any atom is -0.444 e. The molecule has 11 heteroatoms. The fourth-order valence-electron chi connectivity index (χ4n) is 3.65. The normalized spacial score (nSPS) is 12.7. The first-order chi connectivity index (χ1) is 18.2. The molecule has 0 saturated heterocycles. The SMILES string of the molecule is CC(C)(C)OC(=O)N(CCc1ccc(S(=O)(=O)c2ccc(OC(F)F)cc2)cc1)C[C@H](O)c1cccc(Cl)c1. The van der Waals surface area contributed by atoms with Crippen molar-refractivity contribution in [3.63, 3.8) is 0 Å². The molecule has 0 radical (unpaired) electrons. The summed E-state index contributed by atoms with van der Waals surface area (Å²) in [5.41, 5.74) is 0.565. The molecule has 3 aromatic rings. The van der Waals surface area contributed by atoms with Crippen molar-refractivity contribution in [2.75, 3.05) is 13.1 Å². The molecule has 0 aliphatic carbocycles. The van der Waals surface area contributed by atoms with Gasteiger partial charge in [0.25, 0.3) is 0 Å². The summed E-state index contributed by atoms with van der Waals surface area (Å²) in [5, 5.41) is 11.2. The van der Waals surface area contributed by atoms with Gasteiger partial charge in [0.05, 0.1) is 22.4 Å². The Hall–Kier alpha value is -3.21. The van der Waals surface area contributed by atoms with E-state index in [0.717, 1.165) is 17.7 Å². The molecule has 0 unspecified atom stereocenters. The van der Waals surface area contributed by atoms with Crippen molar-refractivity contribution in [2.24, 2.45) is 0 Å². The Kier molecular flexibility index (Phi) is 9.93. The molecule has 1 N–H and O–H groups in total. The molecule has 7 nitrogen and oxygen atoms in total. The third-order valence-corrected chi connectivity index (χ3v) is 7.56. The van der Waals surface area contributed by atoms with Crippen molar-refractivity contribution in [3.05, 3.63) is 88.9 Å². The molecule has 0 aliphatic rings. The van der Waals surface area contributed by atoms with Crippen LogP contribution in [0, 0.1) is 0 Å². The number of carbonyl (C=O) groups excluding carboxylic acids is 1. The van der Waals surface area contributed by atoms with Crippen molar-refractivity contribution >= 4 is 27.5 Å². The largest absolute Gasteiger partial charge is 0.444 e. The molecule has 0 bridgehead atoms. The topological polar surface area (TPSA) is 93.1 Å². The molecule has 1 atom stereocenters. The number of hydrogen-bond acceptors (Lipinski definition) is 6. The van der Waals surface area contributed by atoms with Gasteiger partial charge in [0, 0.05) is 11.6 Å². The van der Waals surface area contributed by atoms with E-state index in [4.69, 9.17) is 16.3 Å². The number of hydrogen-bond donors (Lipinski definition) is 1. The highest BCUT2D eigenvalue weighted by Gasteiger charge is 2.25. The predicted molar refractivity (Wildman–Crippen MR) is 143 cm³/mol. The lowest BCUT2D eigenvalue weighted by atomic mass is 10.1. The van der Waals surface area contributed by atoms with Gasteiger partial charge in [0.15, 0.2) is 0 Å². The van der Waals surface area contributed by atoms with Crippen LogP contribution in [0.2, 0.25) is 5.02 Å². The Bertz CT molecular complexity index is 1360. The fourth-order valence-corrected chi connectivity index (χ4v) is 5.11. The van der Waals surface area contributed by atoms with Gasteiger partial charge < -0.3 is 19.5 Å². The number of nitrogens with zero attached hydrogens (tertiary/aromatic N) is 1. The summed E-state index contributed by atoms with van der Waals surface area (Å²) in [6.45, 7) is 2.39. The molecular weight excluding hydrogens is 552 g/mol. The van der Waals surface area contributed by atoms with Gasteiger partial charge in [-0.1, -0.05) is 35.9 Å².